The number of carbonyl (C=O) groups excluding carboxylic acids is 1. The van der Waals surface area contributed by atoms with Crippen molar-refractivity contribution in [1.82, 2.24) is 0 Å². The van der Waals surface area contributed by atoms with Crippen LogP contribution in [0.3, 0.4) is 0 Å². The van der Waals surface area contributed by atoms with Crippen molar-refractivity contribution in [3.8, 4) is 0 Å². The zero-order valence-corrected chi connectivity index (χ0v) is 13.3. The van der Waals surface area contributed by atoms with E-state index in [4.69, 9.17) is 0 Å². The molecule has 2 aromatic rings. The molecule has 0 atom stereocenters. The lowest BCUT2D eigenvalue weighted by atomic mass is 10.1. The summed E-state index contributed by atoms with van der Waals surface area (Å²) in [7, 11) is 4.01. The second-order valence-electron chi connectivity index (χ2n) is 5.47. The maximum atomic E-state index is 11.9. The summed E-state index contributed by atoms with van der Waals surface area (Å²) in [6.07, 6.45) is 6.87. The topological polar surface area (TPSA) is 20.3 Å². The second kappa shape index (κ2) is 7.41. The molecule has 0 heterocycles. The van der Waals surface area contributed by atoms with Crippen LogP contribution in [0.15, 0.2) is 60.7 Å². The number of nitrogens with zero attached hydrogens (tertiary/aromatic N) is 1. The molecule has 0 radical (unpaired) electrons. The maximum Gasteiger partial charge on any atom is 0.178 e. The number of ketones is 1. The molecule has 22 heavy (non-hydrogen) atoms. The number of rotatable bonds is 5. The second-order valence-corrected chi connectivity index (χ2v) is 5.47. The van der Waals surface area contributed by atoms with E-state index in [0.717, 1.165) is 16.8 Å². The summed E-state index contributed by atoms with van der Waals surface area (Å²) < 4.78 is 0. The predicted octanol–water partition coefficient (Wildman–Crippen LogP) is 4.36. The summed E-state index contributed by atoms with van der Waals surface area (Å²) in [6, 6.07) is 16.1. The van der Waals surface area contributed by atoms with Crippen LogP contribution in [0.4, 0.5) is 5.69 Å². The average Bonchev–Trinajstić information content (AvgIpc) is 2.51. The highest BCUT2D eigenvalue weighted by Gasteiger charge is 1.95. The first-order chi connectivity index (χ1) is 10.5. The van der Waals surface area contributed by atoms with Gasteiger partial charge in [0.1, 0.15) is 0 Å². The highest BCUT2D eigenvalue weighted by atomic mass is 16.1. The fourth-order valence-corrected chi connectivity index (χ4v) is 2.07. The van der Waals surface area contributed by atoms with Gasteiger partial charge in [0, 0.05) is 19.8 Å². The Kier molecular flexibility index (Phi) is 5.31. The van der Waals surface area contributed by atoms with Crippen LogP contribution in [0.5, 0.6) is 0 Å². The van der Waals surface area contributed by atoms with E-state index in [1.807, 2.05) is 86.6 Å². The van der Waals surface area contributed by atoms with Crippen LogP contribution < -0.4 is 4.90 Å². The molecule has 0 spiro atoms. The van der Waals surface area contributed by atoms with Crippen LogP contribution >= 0.6 is 0 Å². The zero-order valence-electron chi connectivity index (χ0n) is 13.3. The fraction of sp³-hybridized carbons (Fsp3) is 0.150. The summed E-state index contributed by atoms with van der Waals surface area (Å²) in [6.45, 7) is 2.04. The molecule has 0 N–H and O–H groups in total. The Morgan fingerprint density at radius 2 is 1.55 bits per heavy atom. The lowest BCUT2D eigenvalue weighted by Crippen LogP contribution is -2.07. The van der Waals surface area contributed by atoms with Crippen LogP contribution in [-0.4, -0.2) is 19.9 Å². The highest BCUT2D eigenvalue weighted by Crippen LogP contribution is 2.13. The van der Waals surface area contributed by atoms with Gasteiger partial charge in [-0.05, 0) is 42.3 Å². The molecule has 0 unspecified atom stereocenters. The van der Waals surface area contributed by atoms with Crippen LogP contribution in [0.1, 0.15) is 16.7 Å². The number of hydrogen-bond donors (Lipinski definition) is 0. The molecule has 112 valence electrons. The number of anilines is 1. The first-order valence-corrected chi connectivity index (χ1v) is 7.29. The maximum absolute atomic E-state index is 11.9. The Bertz CT molecular complexity index is 694. The Morgan fingerprint density at radius 3 is 2.14 bits per heavy atom. The van der Waals surface area contributed by atoms with E-state index in [1.54, 1.807) is 12.2 Å². The monoisotopic (exact) mass is 291 g/mol. The van der Waals surface area contributed by atoms with Crippen LogP contribution in [-0.2, 0) is 4.79 Å². The lowest BCUT2D eigenvalue weighted by Gasteiger charge is -2.11. The van der Waals surface area contributed by atoms with Gasteiger partial charge in [0.2, 0.25) is 0 Å². The average molecular weight is 291 g/mol. The third-order valence-electron chi connectivity index (χ3n) is 3.33. The van der Waals surface area contributed by atoms with Gasteiger partial charge >= 0.3 is 0 Å². The third kappa shape index (κ3) is 4.74. The van der Waals surface area contributed by atoms with Gasteiger partial charge in [-0.2, -0.15) is 0 Å². The largest absolute Gasteiger partial charge is 0.378 e. The summed E-state index contributed by atoms with van der Waals surface area (Å²) in [5, 5.41) is 0. The molecule has 0 aromatic heterocycles. The molecule has 2 nitrogen and oxygen atoms in total. The van der Waals surface area contributed by atoms with Gasteiger partial charge < -0.3 is 4.90 Å². The number of aryl methyl sites for hydroxylation is 1. The van der Waals surface area contributed by atoms with Gasteiger partial charge in [-0.3, -0.25) is 4.79 Å². The molecule has 0 bridgehead atoms. The normalized spacial score (nSPS) is 11.2. The molecule has 2 heteroatoms. The van der Waals surface area contributed by atoms with E-state index in [-0.39, 0.29) is 5.78 Å². The van der Waals surface area contributed by atoms with Crippen molar-refractivity contribution in [1.29, 1.82) is 0 Å². The quantitative estimate of drug-likeness (QED) is 0.763. The predicted molar refractivity (Wildman–Crippen MR) is 95.0 cm³/mol. The SMILES string of the molecule is Cc1cccc(/C=C/C(=O)/C=C/c2ccc(N(C)C)cc2)c1. The van der Waals surface area contributed by atoms with Gasteiger partial charge in [-0.1, -0.05) is 54.1 Å². The van der Waals surface area contributed by atoms with Gasteiger partial charge in [-0.15, -0.1) is 0 Å². The summed E-state index contributed by atoms with van der Waals surface area (Å²) in [5.41, 5.74) is 4.38. The zero-order chi connectivity index (χ0) is 15.9. The third-order valence-corrected chi connectivity index (χ3v) is 3.33. The summed E-state index contributed by atoms with van der Waals surface area (Å²) in [5.74, 6) is -0.0156. The van der Waals surface area contributed by atoms with E-state index >= 15 is 0 Å². The van der Waals surface area contributed by atoms with E-state index < -0.39 is 0 Å². The van der Waals surface area contributed by atoms with Crippen molar-refractivity contribution in [3.63, 3.8) is 0 Å². The van der Waals surface area contributed by atoms with Crippen LogP contribution in [0.25, 0.3) is 12.2 Å². The van der Waals surface area contributed by atoms with Crippen molar-refractivity contribution in [2.75, 3.05) is 19.0 Å². The van der Waals surface area contributed by atoms with Gasteiger partial charge in [-0.25, -0.2) is 0 Å². The molecule has 0 saturated heterocycles. The molecule has 0 aliphatic rings. The van der Waals surface area contributed by atoms with E-state index in [9.17, 15) is 4.79 Å². The van der Waals surface area contributed by atoms with Gasteiger partial charge in [0.25, 0.3) is 0 Å². The van der Waals surface area contributed by atoms with Gasteiger partial charge in [0.05, 0.1) is 0 Å². The molecule has 0 amide bonds. The Balaban J connectivity index is 1.99. The molecule has 2 rings (SSSR count). The molecular weight excluding hydrogens is 270 g/mol. The smallest absolute Gasteiger partial charge is 0.178 e. The summed E-state index contributed by atoms with van der Waals surface area (Å²) in [4.78, 5) is 13.9. The van der Waals surface area contributed by atoms with Crippen molar-refractivity contribution >= 4 is 23.6 Å². The Hall–Kier alpha value is -2.61. The van der Waals surface area contributed by atoms with E-state index in [0.29, 0.717) is 0 Å². The Morgan fingerprint density at radius 1 is 0.909 bits per heavy atom. The van der Waals surface area contributed by atoms with Crippen molar-refractivity contribution in [3.05, 3.63) is 77.4 Å². The minimum absolute atomic E-state index is 0.0156. The van der Waals surface area contributed by atoms with Crippen molar-refractivity contribution < 1.29 is 4.79 Å². The van der Waals surface area contributed by atoms with Crippen LogP contribution in [0, 0.1) is 6.92 Å². The Labute approximate surface area is 132 Å². The number of carbonyl (C=O) groups is 1. The number of hydrogen-bond acceptors (Lipinski definition) is 2. The number of allylic oxidation sites excluding steroid dienone is 2. The molecular formula is C20H21NO. The molecule has 0 aliphatic heterocycles. The van der Waals surface area contributed by atoms with Gasteiger partial charge in [0.15, 0.2) is 5.78 Å². The highest BCUT2D eigenvalue weighted by molar-refractivity contribution is 6.04. The first kappa shape index (κ1) is 15.8. The minimum Gasteiger partial charge on any atom is -0.378 e. The van der Waals surface area contributed by atoms with E-state index in [2.05, 4.69) is 0 Å². The van der Waals surface area contributed by atoms with Crippen molar-refractivity contribution in [2.45, 2.75) is 6.92 Å². The molecule has 0 aliphatic carbocycles. The molecule has 0 saturated carbocycles. The molecule has 2 aromatic carbocycles. The standard InChI is InChI=1S/C20H21NO/c1-16-5-4-6-18(15-16)10-14-20(22)13-9-17-7-11-19(12-8-17)21(2)3/h4-15H,1-3H3/b13-9+,14-10+. The first-order valence-electron chi connectivity index (χ1n) is 7.29. The summed E-state index contributed by atoms with van der Waals surface area (Å²) >= 11 is 0. The number of benzene rings is 2. The van der Waals surface area contributed by atoms with Crippen LogP contribution in [0.2, 0.25) is 0 Å². The minimum atomic E-state index is -0.0156. The van der Waals surface area contributed by atoms with Crippen molar-refractivity contribution in [2.24, 2.45) is 0 Å². The lowest BCUT2D eigenvalue weighted by molar-refractivity contribution is -0.110. The molecule has 0 fully saturated rings. The van der Waals surface area contributed by atoms with E-state index in [1.165, 1.54) is 5.56 Å². The fourth-order valence-electron chi connectivity index (χ4n) is 2.07.